The van der Waals surface area contributed by atoms with Crippen LogP contribution in [-0.4, -0.2) is 34.9 Å². The molecule has 0 heterocycles. The minimum absolute atomic E-state index is 0.394. The molecule has 0 aromatic carbocycles. The van der Waals surface area contributed by atoms with E-state index in [9.17, 15) is 31.1 Å². The quantitative estimate of drug-likeness (QED) is 0.234. The van der Waals surface area contributed by atoms with E-state index in [4.69, 9.17) is 5.26 Å². The highest BCUT2D eigenvalue weighted by atomic mass is 32.2. The third-order valence-electron chi connectivity index (χ3n) is 5.92. The number of rotatable bonds is 5. The normalized spacial score (nSPS) is 34.2. The van der Waals surface area contributed by atoms with Gasteiger partial charge in [-0.1, -0.05) is 0 Å². The van der Waals surface area contributed by atoms with E-state index in [0.717, 1.165) is 19.3 Å². The summed E-state index contributed by atoms with van der Waals surface area (Å²) in [5.74, 6) is -1.33. The molecule has 4 bridgehead atoms. The van der Waals surface area contributed by atoms with Gasteiger partial charge in [0, 0.05) is 5.41 Å². The Balaban J connectivity index is 1.78. The van der Waals surface area contributed by atoms with Crippen LogP contribution in [0.1, 0.15) is 38.5 Å². The van der Waals surface area contributed by atoms with E-state index >= 15 is 0 Å². The summed E-state index contributed by atoms with van der Waals surface area (Å²) in [7, 11) is 0. The lowest BCUT2D eigenvalue weighted by Gasteiger charge is -2.56. The third kappa shape index (κ3) is 3.19. The van der Waals surface area contributed by atoms with Gasteiger partial charge < -0.3 is 4.74 Å². The molecule has 0 aliphatic heterocycles. The zero-order valence-corrected chi connectivity index (χ0v) is 14.3. The number of halogens is 6. The van der Waals surface area contributed by atoms with Crippen molar-refractivity contribution in [2.24, 2.45) is 23.2 Å². The average molecular weight is 408 g/mol. The van der Waals surface area contributed by atoms with Crippen LogP contribution >= 0.6 is 12.0 Å². The summed E-state index contributed by atoms with van der Waals surface area (Å²) in [5, 5.41) is 8.23. The molecule has 4 nitrogen and oxygen atoms in total. The molecule has 0 aromatic rings. The van der Waals surface area contributed by atoms with E-state index in [1.54, 1.807) is 0 Å². The van der Waals surface area contributed by atoms with Gasteiger partial charge in [0.25, 0.3) is 0 Å². The lowest BCUT2D eigenvalue weighted by Crippen LogP contribution is -2.61. The molecule has 0 unspecified atom stereocenters. The Morgan fingerprint density at radius 2 is 1.38 bits per heavy atom. The molecule has 4 fully saturated rings. The van der Waals surface area contributed by atoms with E-state index in [1.165, 1.54) is 0 Å². The van der Waals surface area contributed by atoms with Crippen LogP contribution in [0, 0.1) is 23.2 Å². The van der Waals surface area contributed by atoms with Crippen LogP contribution < -0.4 is 0 Å². The van der Waals surface area contributed by atoms with Crippen LogP contribution in [0.15, 0.2) is 0 Å². The van der Waals surface area contributed by atoms with E-state index in [-0.39, 0.29) is 0 Å². The van der Waals surface area contributed by atoms with Gasteiger partial charge in [-0.2, -0.15) is 30.7 Å². The van der Waals surface area contributed by atoms with Crippen LogP contribution in [0.5, 0.6) is 0 Å². The van der Waals surface area contributed by atoms with Gasteiger partial charge in [-0.15, -0.1) is 0 Å². The Morgan fingerprint density at radius 1 is 0.962 bits per heavy atom. The Labute approximate surface area is 149 Å². The summed E-state index contributed by atoms with van der Waals surface area (Å²) in [6, 6.07) is 0. The number of alkyl halides is 6. The first-order chi connectivity index (χ1) is 11.9. The van der Waals surface area contributed by atoms with E-state index in [1.807, 2.05) is 0 Å². The molecule has 0 aromatic heterocycles. The first-order valence-corrected chi connectivity index (χ1v) is 8.96. The number of hydrogen-bond acceptors (Lipinski definition) is 5. The van der Waals surface area contributed by atoms with Gasteiger partial charge in [-0.05, 0) is 56.3 Å². The fourth-order valence-electron chi connectivity index (χ4n) is 5.36. The lowest BCUT2D eigenvalue weighted by molar-refractivity contribution is -0.271. The van der Waals surface area contributed by atoms with Crippen molar-refractivity contribution in [1.29, 1.82) is 0 Å². The van der Waals surface area contributed by atoms with Crippen molar-refractivity contribution in [1.82, 2.24) is 0 Å². The van der Waals surface area contributed by atoms with Crippen molar-refractivity contribution in [2.75, 3.05) is 6.61 Å². The summed E-state index contributed by atoms with van der Waals surface area (Å²) in [4.78, 5) is 12.0. The molecule has 0 spiro atoms. The van der Waals surface area contributed by atoms with E-state index < -0.39 is 47.1 Å². The largest absolute Gasteiger partial charge is 0.463 e. The highest BCUT2D eigenvalue weighted by molar-refractivity contribution is 7.96. The summed E-state index contributed by atoms with van der Waals surface area (Å²) in [6.45, 7) is -0.477. The van der Waals surface area contributed by atoms with Crippen LogP contribution in [0.4, 0.5) is 26.3 Å². The lowest BCUT2D eigenvalue weighted by atomic mass is 9.50. The molecule has 0 amide bonds. The molecule has 11 heteroatoms. The zero-order chi connectivity index (χ0) is 19.4. The van der Waals surface area contributed by atoms with Crippen LogP contribution in [0.2, 0.25) is 0 Å². The van der Waals surface area contributed by atoms with Crippen LogP contribution in [0.25, 0.3) is 0 Å². The Bertz CT molecular complexity index is 512. The number of ether oxygens (including phenoxy) is 1. The number of carbonyl (C=O) groups excluding carboxylic acids is 1. The minimum atomic E-state index is -6.06. The van der Waals surface area contributed by atoms with Crippen LogP contribution in [-0.2, 0) is 13.9 Å². The standard InChI is InChI=1S/C15H18F6O4S/c16-14(17,18)13(26-25-23,15(19,20)21)11(22)24-7-12-4-8-1-9(5-12)3-10(2-8)6-12/h8-10,23H,1-7H2. The smallest absolute Gasteiger partial charge is 0.425 e. The highest BCUT2D eigenvalue weighted by Crippen LogP contribution is 2.60. The first-order valence-electron chi connectivity index (χ1n) is 8.22. The van der Waals surface area contributed by atoms with Crippen molar-refractivity contribution >= 4 is 18.0 Å². The maximum absolute atomic E-state index is 13.2. The maximum Gasteiger partial charge on any atom is 0.425 e. The molecule has 0 radical (unpaired) electrons. The molecule has 4 rings (SSSR count). The summed E-state index contributed by atoms with van der Waals surface area (Å²) >= 11 is -1.41. The molecule has 150 valence electrons. The van der Waals surface area contributed by atoms with E-state index in [0.29, 0.717) is 37.0 Å². The second kappa shape index (κ2) is 6.44. The predicted octanol–water partition coefficient (Wildman–Crippen LogP) is 4.75. The van der Waals surface area contributed by atoms with Gasteiger partial charge in [-0.3, -0.25) is 0 Å². The fourth-order valence-corrected chi connectivity index (χ4v) is 5.79. The molecule has 0 saturated heterocycles. The van der Waals surface area contributed by atoms with Gasteiger partial charge in [-0.25, -0.2) is 10.1 Å². The van der Waals surface area contributed by atoms with Crippen molar-refractivity contribution in [2.45, 2.75) is 55.6 Å². The maximum atomic E-state index is 13.2. The minimum Gasteiger partial charge on any atom is -0.463 e. The van der Waals surface area contributed by atoms with Crippen LogP contribution in [0.3, 0.4) is 0 Å². The van der Waals surface area contributed by atoms with Crippen molar-refractivity contribution in [3.63, 3.8) is 0 Å². The SMILES string of the molecule is O=C(OCC12CC3CC(CC(C3)C1)C2)C(SOO)(C(F)(F)F)C(F)(F)F. The number of hydrogen-bond donors (Lipinski definition) is 1. The second-order valence-corrected chi connectivity index (χ2v) is 8.76. The zero-order valence-electron chi connectivity index (χ0n) is 13.5. The van der Waals surface area contributed by atoms with Crippen molar-refractivity contribution < 1.29 is 45.5 Å². The fraction of sp³-hybridized carbons (Fsp3) is 0.933. The molecule has 26 heavy (non-hydrogen) atoms. The Kier molecular flexibility index (Phi) is 4.97. The van der Waals surface area contributed by atoms with Gasteiger partial charge >= 0.3 is 23.1 Å². The summed E-state index contributed by atoms with van der Waals surface area (Å²) < 4.78 is 81.6. The molecule has 1 N–H and O–H groups in total. The molecule has 4 aliphatic carbocycles. The first kappa shape index (κ1) is 20.1. The highest BCUT2D eigenvalue weighted by Gasteiger charge is 2.79. The summed E-state index contributed by atoms with van der Waals surface area (Å²) in [5.41, 5.74) is -0.544. The monoisotopic (exact) mass is 408 g/mol. The topological polar surface area (TPSA) is 55.8 Å². The Morgan fingerprint density at radius 3 is 1.73 bits per heavy atom. The number of esters is 1. The van der Waals surface area contributed by atoms with Gasteiger partial charge in [0.05, 0.1) is 18.6 Å². The van der Waals surface area contributed by atoms with Crippen molar-refractivity contribution in [3.05, 3.63) is 0 Å². The second-order valence-electron chi connectivity index (χ2n) is 7.83. The van der Waals surface area contributed by atoms with Gasteiger partial charge in [0.1, 0.15) is 0 Å². The molecule has 4 aliphatic rings. The van der Waals surface area contributed by atoms with Gasteiger partial charge in [0.2, 0.25) is 0 Å². The summed E-state index contributed by atoms with van der Waals surface area (Å²) in [6.07, 6.45) is -7.08. The van der Waals surface area contributed by atoms with Gasteiger partial charge in [0.15, 0.2) is 0 Å². The predicted molar refractivity (Wildman–Crippen MR) is 77.7 cm³/mol. The Hall–Kier alpha value is -0.680. The molecular weight excluding hydrogens is 390 g/mol. The molecular formula is C15H18F6O4S. The third-order valence-corrected chi connectivity index (χ3v) is 6.88. The average Bonchev–Trinajstić information content (AvgIpc) is 2.46. The van der Waals surface area contributed by atoms with E-state index in [2.05, 4.69) is 9.07 Å². The molecule has 0 atom stereocenters. The number of carbonyl (C=O) groups is 1. The molecule has 4 saturated carbocycles. The van der Waals surface area contributed by atoms with Crippen molar-refractivity contribution in [3.8, 4) is 0 Å².